The fourth-order valence-corrected chi connectivity index (χ4v) is 2.65. The Labute approximate surface area is 137 Å². The SMILES string of the molecule is CCS(=O)(=O)Nc1ccc(NC(=O)C(C)C2CNC2)cc1.Cl. The lowest BCUT2D eigenvalue weighted by Crippen LogP contribution is -2.48. The average Bonchev–Trinajstić information content (AvgIpc) is 2.38. The van der Waals surface area contributed by atoms with Crippen molar-refractivity contribution in [2.75, 3.05) is 28.9 Å². The molecule has 8 heteroatoms. The van der Waals surface area contributed by atoms with E-state index in [1.165, 1.54) is 0 Å². The fourth-order valence-electron chi connectivity index (χ4n) is 2.01. The van der Waals surface area contributed by atoms with Crippen molar-refractivity contribution in [3.63, 3.8) is 0 Å². The van der Waals surface area contributed by atoms with Gasteiger partial charge in [0.1, 0.15) is 0 Å². The Bertz CT molecular complexity index is 600. The lowest BCUT2D eigenvalue weighted by molar-refractivity contribution is -0.121. The van der Waals surface area contributed by atoms with Gasteiger partial charge in [-0.15, -0.1) is 12.4 Å². The van der Waals surface area contributed by atoms with Crippen LogP contribution >= 0.6 is 12.4 Å². The molecular weight excluding hydrogens is 326 g/mol. The Balaban J connectivity index is 0.00000242. The van der Waals surface area contributed by atoms with Crippen LogP contribution in [-0.4, -0.2) is 33.2 Å². The number of carbonyl (C=O) groups is 1. The minimum Gasteiger partial charge on any atom is -0.326 e. The van der Waals surface area contributed by atoms with Gasteiger partial charge < -0.3 is 10.6 Å². The standard InChI is InChI=1S/C14H21N3O3S.ClH/c1-3-21(19,20)17-13-6-4-12(5-7-13)16-14(18)10(2)11-8-15-9-11;/h4-7,10-11,15,17H,3,8-9H2,1-2H3,(H,16,18);1H. The van der Waals surface area contributed by atoms with Crippen LogP contribution in [0.2, 0.25) is 0 Å². The molecule has 1 amide bonds. The van der Waals surface area contributed by atoms with Crippen molar-refractivity contribution < 1.29 is 13.2 Å². The van der Waals surface area contributed by atoms with Crippen LogP contribution in [0.1, 0.15) is 13.8 Å². The molecule has 6 nitrogen and oxygen atoms in total. The number of rotatable bonds is 6. The molecule has 1 aliphatic heterocycles. The number of nitrogens with one attached hydrogen (secondary N) is 3. The summed E-state index contributed by atoms with van der Waals surface area (Å²) in [5, 5.41) is 6.00. The summed E-state index contributed by atoms with van der Waals surface area (Å²) >= 11 is 0. The highest BCUT2D eigenvalue weighted by Gasteiger charge is 2.28. The minimum absolute atomic E-state index is 0. The van der Waals surface area contributed by atoms with Crippen molar-refractivity contribution in [3.05, 3.63) is 24.3 Å². The first-order chi connectivity index (χ1) is 9.91. The number of anilines is 2. The maximum atomic E-state index is 12.1. The molecule has 1 fully saturated rings. The van der Waals surface area contributed by atoms with Crippen LogP contribution in [0.15, 0.2) is 24.3 Å². The van der Waals surface area contributed by atoms with Crippen molar-refractivity contribution in [2.45, 2.75) is 13.8 Å². The van der Waals surface area contributed by atoms with E-state index in [4.69, 9.17) is 0 Å². The van der Waals surface area contributed by atoms with Crippen LogP contribution in [0, 0.1) is 11.8 Å². The Kier molecular flexibility index (Phi) is 6.65. The molecule has 0 aliphatic carbocycles. The number of carbonyl (C=O) groups excluding carboxylic acids is 1. The molecule has 0 radical (unpaired) electrons. The molecule has 1 aromatic rings. The number of hydrogen-bond acceptors (Lipinski definition) is 4. The molecule has 22 heavy (non-hydrogen) atoms. The molecule has 0 bridgehead atoms. The molecule has 0 spiro atoms. The quantitative estimate of drug-likeness (QED) is 0.730. The van der Waals surface area contributed by atoms with Gasteiger partial charge in [-0.2, -0.15) is 0 Å². The largest absolute Gasteiger partial charge is 0.326 e. The van der Waals surface area contributed by atoms with Crippen molar-refractivity contribution in [3.8, 4) is 0 Å². The van der Waals surface area contributed by atoms with Gasteiger partial charge in [-0.25, -0.2) is 8.42 Å². The van der Waals surface area contributed by atoms with Crippen molar-refractivity contribution in [2.24, 2.45) is 11.8 Å². The molecule has 0 aromatic heterocycles. The van der Waals surface area contributed by atoms with E-state index in [-0.39, 0.29) is 30.0 Å². The summed E-state index contributed by atoms with van der Waals surface area (Å²) in [6, 6.07) is 6.66. The van der Waals surface area contributed by atoms with Gasteiger partial charge in [-0.05, 0) is 50.2 Å². The van der Waals surface area contributed by atoms with E-state index in [0.29, 0.717) is 17.3 Å². The fraction of sp³-hybridized carbons (Fsp3) is 0.500. The Morgan fingerprint density at radius 3 is 2.27 bits per heavy atom. The Hall–Kier alpha value is -1.31. The van der Waals surface area contributed by atoms with Gasteiger partial charge in [-0.1, -0.05) is 6.92 Å². The zero-order valence-electron chi connectivity index (χ0n) is 12.6. The summed E-state index contributed by atoms with van der Waals surface area (Å²) < 4.78 is 25.4. The van der Waals surface area contributed by atoms with Crippen LogP contribution in [0.3, 0.4) is 0 Å². The maximum absolute atomic E-state index is 12.1. The van der Waals surface area contributed by atoms with E-state index < -0.39 is 10.0 Å². The van der Waals surface area contributed by atoms with E-state index in [1.807, 2.05) is 6.92 Å². The van der Waals surface area contributed by atoms with E-state index in [9.17, 15) is 13.2 Å². The highest BCUT2D eigenvalue weighted by Crippen LogP contribution is 2.19. The lowest BCUT2D eigenvalue weighted by Gasteiger charge is -2.31. The number of benzene rings is 1. The van der Waals surface area contributed by atoms with Gasteiger partial charge >= 0.3 is 0 Å². The number of hydrogen-bond donors (Lipinski definition) is 3. The molecule has 1 atom stereocenters. The zero-order valence-corrected chi connectivity index (χ0v) is 14.3. The molecule has 124 valence electrons. The maximum Gasteiger partial charge on any atom is 0.232 e. The summed E-state index contributed by atoms with van der Waals surface area (Å²) in [6.45, 7) is 5.26. The third-order valence-corrected chi connectivity index (χ3v) is 5.05. The third kappa shape index (κ3) is 4.86. The molecule has 3 N–H and O–H groups in total. The first kappa shape index (κ1) is 18.7. The molecule has 1 unspecified atom stereocenters. The van der Waals surface area contributed by atoms with E-state index >= 15 is 0 Å². The summed E-state index contributed by atoms with van der Waals surface area (Å²) in [5.41, 5.74) is 1.16. The summed E-state index contributed by atoms with van der Waals surface area (Å²) in [6.07, 6.45) is 0. The number of halogens is 1. The third-order valence-electron chi connectivity index (χ3n) is 3.74. The predicted octanol–water partition coefficient (Wildman–Crippen LogP) is 1.66. The normalized spacial score (nSPS) is 16.1. The van der Waals surface area contributed by atoms with Gasteiger partial charge in [0.05, 0.1) is 5.75 Å². The molecule has 1 aromatic carbocycles. The summed E-state index contributed by atoms with van der Waals surface area (Å²) in [4.78, 5) is 12.1. The highest BCUT2D eigenvalue weighted by atomic mass is 35.5. The molecular formula is C14H22ClN3O3S. The van der Waals surface area contributed by atoms with Crippen LogP contribution in [0.25, 0.3) is 0 Å². The van der Waals surface area contributed by atoms with Gasteiger partial charge in [-0.3, -0.25) is 9.52 Å². The van der Waals surface area contributed by atoms with E-state index in [0.717, 1.165) is 13.1 Å². The van der Waals surface area contributed by atoms with Gasteiger partial charge in [0.25, 0.3) is 0 Å². The lowest BCUT2D eigenvalue weighted by atomic mass is 9.88. The Morgan fingerprint density at radius 1 is 1.27 bits per heavy atom. The second-order valence-corrected chi connectivity index (χ2v) is 7.29. The number of sulfonamides is 1. The molecule has 1 heterocycles. The van der Waals surface area contributed by atoms with Gasteiger partial charge in [0.2, 0.25) is 15.9 Å². The average molecular weight is 348 g/mol. The zero-order chi connectivity index (χ0) is 15.5. The minimum atomic E-state index is -3.27. The highest BCUT2D eigenvalue weighted by molar-refractivity contribution is 7.92. The summed E-state index contributed by atoms with van der Waals surface area (Å²) in [7, 11) is -3.27. The van der Waals surface area contributed by atoms with Crippen LogP contribution < -0.4 is 15.4 Å². The van der Waals surface area contributed by atoms with E-state index in [2.05, 4.69) is 15.4 Å². The predicted molar refractivity (Wildman–Crippen MR) is 90.9 cm³/mol. The Morgan fingerprint density at radius 2 is 1.82 bits per heavy atom. The molecule has 1 aliphatic rings. The van der Waals surface area contributed by atoms with Crippen LogP contribution in [0.5, 0.6) is 0 Å². The summed E-state index contributed by atoms with van der Waals surface area (Å²) in [5.74, 6) is 0.367. The van der Waals surface area contributed by atoms with Crippen molar-refractivity contribution in [1.29, 1.82) is 0 Å². The number of amides is 1. The molecule has 2 rings (SSSR count). The first-order valence-corrected chi connectivity index (χ1v) is 8.68. The monoisotopic (exact) mass is 347 g/mol. The van der Waals surface area contributed by atoms with Gasteiger partial charge in [0, 0.05) is 17.3 Å². The van der Waals surface area contributed by atoms with E-state index in [1.54, 1.807) is 31.2 Å². The van der Waals surface area contributed by atoms with Crippen LogP contribution in [0.4, 0.5) is 11.4 Å². The first-order valence-electron chi connectivity index (χ1n) is 7.03. The van der Waals surface area contributed by atoms with Gasteiger partial charge in [0.15, 0.2) is 0 Å². The van der Waals surface area contributed by atoms with Crippen molar-refractivity contribution >= 4 is 39.7 Å². The second kappa shape index (κ2) is 7.80. The van der Waals surface area contributed by atoms with Crippen LogP contribution in [-0.2, 0) is 14.8 Å². The topological polar surface area (TPSA) is 87.3 Å². The molecule has 0 saturated carbocycles. The molecule has 1 saturated heterocycles. The second-order valence-electron chi connectivity index (χ2n) is 5.28. The van der Waals surface area contributed by atoms with Crippen molar-refractivity contribution in [1.82, 2.24) is 5.32 Å². The smallest absolute Gasteiger partial charge is 0.232 e.